The molecule has 0 bridgehead atoms. The molecule has 3 nitrogen and oxygen atoms in total. The summed E-state index contributed by atoms with van der Waals surface area (Å²) in [6.07, 6.45) is 32.8. The third-order valence-electron chi connectivity index (χ3n) is 4.19. The summed E-state index contributed by atoms with van der Waals surface area (Å²) in [4.78, 5) is 20.5. The molecule has 0 aromatic heterocycles. The van der Waals surface area contributed by atoms with Crippen LogP contribution in [0, 0.1) is 0 Å². The van der Waals surface area contributed by atoms with Gasteiger partial charge in [-0.2, -0.15) is 0 Å². The summed E-state index contributed by atoms with van der Waals surface area (Å²) in [5.41, 5.74) is 0. The smallest absolute Gasteiger partial charge is 0.302 e. The van der Waals surface area contributed by atoms with Crippen molar-refractivity contribution in [2.45, 2.75) is 104 Å². The molecule has 0 spiro atoms. The first-order valence-corrected chi connectivity index (χ1v) is 11.9. The molecule has 30 heavy (non-hydrogen) atoms. The number of allylic oxidation sites excluding steroid dienone is 8. The van der Waals surface area contributed by atoms with Crippen molar-refractivity contribution in [3.05, 3.63) is 48.6 Å². The molecule has 0 amide bonds. The summed E-state index contributed by atoms with van der Waals surface area (Å²) < 4.78 is 4.80. The standard InChI is InChI=1S/C15H26O.C12H20O2/c1-2-3-4-5-6-7-8-9-10-11-12-13-14-15-16;1-3-4-5-6-7-8-9-10-11-14-12(2)13/h4-7,15H,2-3,8-14H2,1H3;4-5,7-8H,3,6,9-11H2,1-2H3/b5-4-,7-6-;5-4-,8-7-. The first-order chi connectivity index (χ1) is 14.7. The van der Waals surface area contributed by atoms with E-state index in [9.17, 15) is 9.59 Å². The molecule has 0 saturated heterocycles. The Morgan fingerprint density at radius 2 is 1.30 bits per heavy atom. The van der Waals surface area contributed by atoms with Crippen LogP contribution in [0.2, 0.25) is 0 Å². The van der Waals surface area contributed by atoms with Crippen LogP contribution >= 0.6 is 0 Å². The Labute approximate surface area is 186 Å². The van der Waals surface area contributed by atoms with E-state index >= 15 is 0 Å². The molecule has 0 rings (SSSR count). The highest BCUT2D eigenvalue weighted by molar-refractivity contribution is 5.65. The Hall–Kier alpha value is -1.90. The topological polar surface area (TPSA) is 43.4 Å². The summed E-state index contributed by atoms with van der Waals surface area (Å²) >= 11 is 0. The Balaban J connectivity index is 0. The van der Waals surface area contributed by atoms with Crippen LogP contribution in [-0.2, 0) is 14.3 Å². The van der Waals surface area contributed by atoms with Gasteiger partial charge in [0.2, 0.25) is 0 Å². The molecule has 3 heteroatoms. The fourth-order valence-corrected chi connectivity index (χ4v) is 2.51. The molecule has 0 aliphatic carbocycles. The number of unbranched alkanes of at least 4 members (excludes halogenated alkanes) is 8. The molecule has 172 valence electrons. The maximum atomic E-state index is 10.4. The van der Waals surface area contributed by atoms with Gasteiger partial charge in [0.25, 0.3) is 0 Å². The van der Waals surface area contributed by atoms with Gasteiger partial charge in [-0.05, 0) is 51.4 Å². The van der Waals surface area contributed by atoms with Crippen molar-refractivity contribution < 1.29 is 14.3 Å². The molecule has 0 saturated carbocycles. The molecule has 0 atom stereocenters. The Bertz CT molecular complexity index is 472. The predicted molar refractivity (Wildman–Crippen MR) is 131 cm³/mol. The minimum Gasteiger partial charge on any atom is -0.466 e. The van der Waals surface area contributed by atoms with Gasteiger partial charge >= 0.3 is 5.97 Å². The number of ether oxygens (including phenoxy) is 1. The lowest BCUT2D eigenvalue weighted by Crippen LogP contribution is -1.99. The average molecular weight is 419 g/mol. The quantitative estimate of drug-likeness (QED) is 0.0743. The van der Waals surface area contributed by atoms with Crippen molar-refractivity contribution in [2.75, 3.05) is 6.61 Å². The van der Waals surface area contributed by atoms with E-state index in [1.54, 1.807) is 0 Å². The highest BCUT2D eigenvalue weighted by atomic mass is 16.5. The lowest BCUT2D eigenvalue weighted by Gasteiger charge is -1.97. The molecule has 0 aromatic rings. The van der Waals surface area contributed by atoms with Crippen molar-refractivity contribution in [1.82, 2.24) is 0 Å². The monoisotopic (exact) mass is 418 g/mol. The number of aldehydes is 1. The van der Waals surface area contributed by atoms with Crippen LogP contribution in [0.15, 0.2) is 48.6 Å². The minimum absolute atomic E-state index is 0.195. The zero-order valence-electron chi connectivity index (χ0n) is 19.8. The molecule has 0 unspecified atom stereocenters. The van der Waals surface area contributed by atoms with E-state index in [-0.39, 0.29) is 5.97 Å². The van der Waals surface area contributed by atoms with Gasteiger partial charge in [-0.25, -0.2) is 0 Å². The normalized spacial score (nSPS) is 11.4. The second-order valence-corrected chi connectivity index (χ2v) is 7.23. The van der Waals surface area contributed by atoms with Crippen molar-refractivity contribution in [2.24, 2.45) is 0 Å². The van der Waals surface area contributed by atoms with Crippen LogP contribution in [0.4, 0.5) is 0 Å². The van der Waals surface area contributed by atoms with E-state index in [0.29, 0.717) is 6.61 Å². The SMILES string of the molecule is CC/C=C\C/C=C\CCCOC(C)=O.CCC/C=C\C=C/CCCCCCCC=O. The summed E-state index contributed by atoms with van der Waals surface area (Å²) in [6.45, 7) is 6.29. The van der Waals surface area contributed by atoms with Gasteiger partial charge < -0.3 is 9.53 Å². The molecule has 0 aromatic carbocycles. The maximum Gasteiger partial charge on any atom is 0.302 e. The fourth-order valence-electron chi connectivity index (χ4n) is 2.51. The zero-order chi connectivity index (χ0) is 22.5. The van der Waals surface area contributed by atoms with Gasteiger partial charge in [0, 0.05) is 13.3 Å². The van der Waals surface area contributed by atoms with Gasteiger partial charge in [0.05, 0.1) is 6.61 Å². The lowest BCUT2D eigenvalue weighted by atomic mass is 10.1. The molecule has 0 aliphatic rings. The number of carbonyl (C=O) groups excluding carboxylic acids is 2. The molecule has 0 fully saturated rings. The van der Waals surface area contributed by atoms with Gasteiger partial charge in [-0.1, -0.05) is 88.1 Å². The van der Waals surface area contributed by atoms with Crippen molar-refractivity contribution in [1.29, 1.82) is 0 Å². The summed E-state index contributed by atoms with van der Waals surface area (Å²) in [5, 5.41) is 0. The molecular weight excluding hydrogens is 372 g/mol. The maximum absolute atomic E-state index is 10.4. The zero-order valence-corrected chi connectivity index (χ0v) is 19.8. The summed E-state index contributed by atoms with van der Waals surface area (Å²) in [7, 11) is 0. The second-order valence-electron chi connectivity index (χ2n) is 7.23. The van der Waals surface area contributed by atoms with Crippen molar-refractivity contribution in [3.63, 3.8) is 0 Å². The van der Waals surface area contributed by atoms with E-state index < -0.39 is 0 Å². The minimum atomic E-state index is -0.195. The lowest BCUT2D eigenvalue weighted by molar-refractivity contribution is -0.141. The predicted octanol–water partition coefficient (Wildman–Crippen LogP) is 8.07. The molecular formula is C27H46O3. The van der Waals surface area contributed by atoms with E-state index in [4.69, 9.17) is 4.74 Å². The van der Waals surface area contributed by atoms with E-state index in [1.165, 1.54) is 51.9 Å². The number of carbonyl (C=O) groups is 2. The van der Waals surface area contributed by atoms with E-state index in [0.717, 1.165) is 44.8 Å². The Morgan fingerprint density at radius 3 is 1.93 bits per heavy atom. The highest BCUT2D eigenvalue weighted by Crippen LogP contribution is 2.06. The summed E-state index contributed by atoms with van der Waals surface area (Å²) in [6, 6.07) is 0. The number of esters is 1. The van der Waals surface area contributed by atoms with Crippen LogP contribution in [0.3, 0.4) is 0 Å². The van der Waals surface area contributed by atoms with Crippen LogP contribution in [0.1, 0.15) is 104 Å². The third kappa shape index (κ3) is 33.7. The first-order valence-electron chi connectivity index (χ1n) is 11.9. The van der Waals surface area contributed by atoms with Crippen LogP contribution in [-0.4, -0.2) is 18.9 Å². The average Bonchev–Trinajstić information content (AvgIpc) is 2.74. The number of hydrogen-bond acceptors (Lipinski definition) is 3. The molecule has 0 N–H and O–H groups in total. The number of hydrogen-bond donors (Lipinski definition) is 0. The van der Waals surface area contributed by atoms with Gasteiger partial charge in [0.15, 0.2) is 0 Å². The van der Waals surface area contributed by atoms with Gasteiger partial charge in [0.1, 0.15) is 6.29 Å². The van der Waals surface area contributed by atoms with Gasteiger partial charge in [-0.15, -0.1) is 0 Å². The largest absolute Gasteiger partial charge is 0.466 e. The second kappa shape index (κ2) is 29.3. The van der Waals surface area contributed by atoms with Crippen molar-refractivity contribution in [3.8, 4) is 0 Å². The van der Waals surface area contributed by atoms with Crippen LogP contribution in [0.25, 0.3) is 0 Å². The molecule has 0 aliphatic heterocycles. The van der Waals surface area contributed by atoms with Crippen LogP contribution in [0.5, 0.6) is 0 Å². The van der Waals surface area contributed by atoms with Crippen LogP contribution < -0.4 is 0 Å². The van der Waals surface area contributed by atoms with Gasteiger partial charge in [-0.3, -0.25) is 4.79 Å². The first kappa shape index (κ1) is 30.3. The third-order valence-corrected chi connectivity index (χ3v) is 4.19. The molecule has 0 radical (unpaired) electrons. The van der Waals surface area contributed by atoms with Crippen molar-refractivity contribution >= 4 is 12.3 Å². The Morgan fingerprint density at radius 1 is 0.700 bits per heavy atom. The summed E-state index contributed by atoms with van der Waals surface area (Å²) in [5.74, 6) is -0.195. The highest BCUT2D eigenvalue weighted by Gasteiger charge is 1.90. The fraction of sp³-hybridized carbons (Fsp3) is 0.630. The van der Waals surface area contributed by atoms with E-state index in [1.807, 2.05) is 0 Å². The molecule has 0 heterocycles. The van der Waals surface area contributed by atoms with E-state index in [2.05, 4.69) is 62.5 Å². The Kier molecular flexibility index (Phi) is 29.6. The number of rotatable bonds is 18.